The Morgan fingerprint density at radius 1 is 1.18 bits per heavy atom. The smallest absolute Gasteiger partial charge is 0.337 e. The molecule has 0 saturated carbocycles. The maximum absolute atomic E-state index is 12.6. The van der Waals surface area contributed by atoms with Crippen molar-refractivity contribution >= 4 is 46.2 Å². The average molecular weight is 400 g/mol. The van der Waals surface area contributed by atoms with Gasteiger partial charge in [0.05, 0.1) is 24.0 Å². The van der Waals surface area contributed by atoms with Crippen molar-refractivity contribution < 1.29 is 29.0 Å². The van der Waals surface area contributed by atoms with Gasteiger partial charge in [-0.05, 0) is 36.0 Å². The second-order valence-electron chi connectivity index (χ2n) is 5.85. The Bertz CT molecular complexity index is 961. The highest BCUT2D eigenvalue weighted by atomic mass is 32.2. The lowest BCUT2D eigenvalue weighted by Crippen LogP contribution is -2.33. The maximum atomic E-state index is 12.6. The Labute approximate surface area is 164 Å². The molecule has 1 fully saturated rings. The Morgan fingerprint density at radius 2 is 1.93 bits per heavy atom. The SMILES string of the molecule is COc1cccc(N2C(=O)SC(CC(=O)Nc3ccccc3C(=O)O)C2=O)c1. The molecule has 0 bridgehead atoms. The molecule has 28 heavy (non-hydrogen) atoms. The minimum absolute atomic E-state index is 0.0599. The van der Waals surface area contributed by atoms with Crippen LogP contribution >= 0.6 is 11.8 Å². The van der Waals surface area contributed by atoms with Gasteiger partial charge in [0.15, 0.2) is 0 Å². The lowest BCUT2D eigenvalue weighted by atomic mass is 10.1. The van der Waals surface area contributed by atoms with Crippen molar-refractivity contribution in [1.29, 1.82) is 0 Å². The zero-order chi connectivity index (χ0) is 20.3. The molecule has 2 aromatic carbocycles. The van der Waals surface area contributed by atoms with Gasteiger partial charge < -0.3 is 15.2 Å². The molecule has 0 spiro atoms. The number of thioether (sulfide) groups is 1. The molecule has 3 rings (SSSR count). The van der Waals surface area contributed by atoms with Crippen LogP contribution in [0.2, 0.25) is 0 Å². The molecule has 1 aliphatic rings. The number of carbonyl (C=O) groups excluding carboxylic acids is 3. The number of nitrogens with zero attached hydrogens (tertiary/aromatic N) is 1. The number of aromatic carboxylic acids is 1. The van der Waals surface area contributed by atoms with Gasteiger partial charge in [-0.25, -0.2) is 9.69 Å². The summed E-state index contributed by atoms with van der Waals surface area (Å²) in [5.74, 6) is -1.75. The first kappa shape index (κ1) is 19.4. The molecular weight excluding hydrogens is 384 g/mol. The third-order valence-electron chi connectivity index (χ3n) is 4.04. The number of carboxylic acids is 1. The minimum atomic E-state index is -1.18. The van der Waals surface area contributed by atoms with Crippen molar-refractivity contribution in [2.75, 3.05) is 17.3 Å². The van der Waals surface area contributed by atoms with E-state index in [1.165, 1.54) is 19.2 Å². The largest absolute Gasteiger partial charge is 0.497 e. The fraction of sp³-hybridized carbons (Fsp3) is 0.158. The van der Waals surface area contributed by atoms with Crippen molar-refractivity contribution in [1.82, 2.24) is 0 Å². The van der Waals surface area contributed by atoms with Crippen LogP contribution in [0.25, 0.3) is 0 Å². The molecule has 0 aliphatic carbocycles. The van der Waals surface area contributed by atoms with Gasteiger partial charge in [0, 0.05) is 12.5 Å². The number of para-hydroxylation sites is 1. The van der Waals surface area contributed by atoms with Crippen LogP contribution in [0, 0.1) is 0 Å². The number of methoxy groups -OCH3 is 1. The van der Waals surface area contributed by atoms with Gasteiger partial charge in [0.25, 0.3) is 5.24 Å². The van der Waals surface area contributed by atoms with Gasteiger partial charge in [-0.15, -0.1) is 0 Å². The van der Waals surface area contributed by atoms with Gasteiger partial charge in [-0.3, -0.25) is 14.4 Å². The van der Waals surface area contributed by atoms with Crippen LogP contribution in [0.1, 0.15) is 16.8 Å². The molecule has 2 aromatic rings. The molecule has 1 aliphatic heterocycles. The molecule has 1 atom stereocenters. The lowest BCUT2D eigenvalue weighted by molar-refractivity contribution is -0.121. The van der Waals surface area contributed by atoms with Gasteiger partial charge in [0.2, 0.25) is 11.8 Å². The molecule has 9 heteroatoms. The van der Waals surface area contributed by atoms with Crippen molar-refractivity contribution in [3.8, 4) is 5.75 Å². The summed E-state index contributed by atoms with van der Waals surface area (Å²) < 4.78 is 5.11. The van der Waals surface area contributed by atoms with Crippen molar-refractivity contribution in [2.45, 2.75) is 11.7 Å². The van der Waals surface area contributed by atoms with Crippen LogP contribution in [-0.4, -0.2) is 40.5 Å². The quantitative estimate of drug-likeness (QED) is 0.766. The highest BCUT2D eigenvalue weighted by Gasteiger charge is 2.41. The van der Waals surface area contributed by atoms with Crippen LogP contribution in [0.15, 0.2) is 48.5 Å². The summed E-state index contributed by atoms with van der Waals surface area (Å²) in [4.78, 5) is 49.5. The van der Waals surface area contributed by atoms with Crippen molar-refractivity contribution in [2.24, 2.45) is 0 Å². The van der Waals surface area contributed by atoms with Gasteiger partial charge in [0.1, 0.15) is 11.0 Å². The molecule has 1 saturated heterocycles. The Balaban J connectivity index is 1.72. The van der Waals surface area contributed by atoms with E-state index in [9.17, 15) is 24.3 Å². The summed E-state index contributed by atoms with van der Waals surface area (Å²) in [5, 5.41) is 10.3. The highest BCUT2D eigenvalue weighted by Crippen LogP contribution is 2.34. The number of anilines is 2. The Hall–Kier alpha value is -3.33. The molecule has 2 N–H and O–H groups in total. The summed E-state index contributed by atoms with van der Waals surface area (Å²) >= 11 is 0.759. The predicted octanol–water partition coefficient (Wildman–Crippen LogP) is 2.99. The summed E-state index contributed by atoms with van der Waals surface area (Å²) in [6.45, 7) is 0. The fourth-order valence-electron chi connectivity index (χ4n) is 2.72. The van der Waals surface area contributed by atoms with E-state index < -0.39 is 28.3 Å². The number of carbonyl (C=O) groups is 4. The fourth-order valence-corrected chi connectivity index (χ4v) is 3.70. The number of rotatable bonds is 6. The number of nitrogens with one attached hydrogen (secondary N) is 1. The first-order chi connectivity index (χ1) is 13.4. The van der Waals surface area contributed by atoms with E-state index in [1.54, 1.807) is 36.4 Å². The third-order valence-corrected chi connectivity index (χ3v) is 5.07. The number of hydrogen-bond acceptors (Lipinski definition) is 6. The van der Waals surface area contributed by atoms with E-state index in [-0.39, 0.29) is 17.7 Å². The van der Waals surface area contributed by atoms with Crippen molar-refractivity contribution in [3.05, 3.63) is 54.1 Å². The number of ether oxygens (including phenoxy) is 1. The minimum Gasteiger partial charge on any atom is -0.497 e. The average Bonchev–Trinajstić information content (AvgIpc) is 2.95. The van der Waals surface area contributed by atoms with Crippen LogP contribution in [0.3, 0.4) is 0 Å². The number of amides is 3. The van der Waals surface area contributed by atoms with E-state index in [2.05, 4.69) is 5.32 Å². The lowest BCUT2D eigenvalue weighted by Gasteiger charge is -2.15. The monoisotopic (exact) mass is 400 g/mol. The predicted molar refractivity (Wildman–Crippen MR) is 104 cm³/mol. The van der Waals surface area contributed by atoms with Crippen LogP contribution in [0.5, 0.6) is 5.75 Å². The molecule has 0 radical (unpaired) electrons. The zero-order valence-electron chi connectivity index (χ0n) is 14.7. The standard InChI is InChI=1S/C19H16N2O6S/c1-27-12-6-4-5-11(9-12)21-17(23)15(28-19(21)26)10-16(22)20-14-8-3-2-7-13(14)18(24)25/h2-9,15H,10H2,1H3,(H,20,22)(H,24,25). The molecule has 3 amide bonds. The van der Waals surface area contributed by atoms with Crippen LogP contribution < -0.4 is 15.0 Å². The van der Waals surface area contributed by atoms with Crippen molar-refractivity contribution in [3.63, 3.8) is 0 Å². The highest BCUT2D eigenvalue weighted by molar-refractivity contribution is 8.15. The first-order valence-electron chi connectivity index (χ1n) is 8.21. The third kappa shape index (κ3) is 3.99. The van der Waals surface area contributed by atoms with Gasteiger partial charge in [-0.2, -0.15) is 0 Å². The second kappa shape index (κ2) is 8.13. The van der Waals surface area contributed by atoms with Crippen LogP contribution in [0.4, 0.5) is 16.2 Å². The Morgan fingerprint density at radius 3 is 2.64 bits per heavy atom. The molecule has 8 nitrogen and oxygen atoms in total. The molecule has 1 heterocycles. The summed E-state index contributed by atoms with van der Waals surface area (Å²) in [6, 6.07) is 12.5. The van der Waals surface area contributed by atoms with E-state index >= 15 is 0 Å². The van der Waals surface area contributed by atoms with E-state index in [1.807, 2.05) is 0 Å². The number of hydrogen-bond donors (Lipinski definition) is 2. The number of benzene rings is 2. The molecule has 1 unspecified atom stereocenters. The zero-order valence-corrected chi connectivity index (χ0v) is 15.6. The summed E-state index contributed by atoms with van der Waals surface area (Å²) in [6.07, 6.45) is -0.260. The van der Waals surface area contributed by atoms with Crippen LogP contribution in [-0.2, 0) is 9.59 Å². The molecular formula is C19H16N2O6S. The van der Waals surface area contributed by atoms with E-state index in [0.717, 1.165) is 16.7 Å². The first-order valence-corrected chi connectivity index (χ1v) is 9.09. The normalized spacial score (nSPS) is 16.2. The Kier molecular flexibility index (Phi) is 5.65. The van der Waals surface area contributed by atoms with E-state index in [4.69, 9.17) is 4.74 Å². The topological polar surface area (TPSA) is 113 Å². The summed E-state index contributed by atoms with van der Waals surface area (Å²) in [5.41, 5.74) is 0.433. The number of imide groups is 1. The maximum Gasteiger partial charge on any atom is 0.337 e. The van der Waals surface area contributed by atoms with Gasteiger partial charge in [-0.1, -0.05) is 18.2 Å². The number of carboxylic acid groups (broad SMARTS) is 1. The summed E-state index contributed by atoms with van der Waals surface area (Å²) in [7, 11) is 1.48. The second-order valence-corrected chi connectivity index (χ2v) is 7.00. The van der Waals surface area contributed by atoms with E-state index in [0.29, 0.717) is 11.4 Å². The van der Waals surface area contributed by atoms with Gasteiger partial charge >= 0.3 is 5.97 Å². The molecule has 0 aromatic heterocycles. The molecule has 144 valence electrons.